The molecule has 2 rings (SSSR count). The molecule has 0 radical (unpaired) electrons. The molecular weight excluding hydrogens is 503 g/mol. The van der Waals surface area contributed by atoms with E-state index >= 15 is 0 Å². The number of nitrogens with zero attached hydrogens (tertiary/aromatic N) is 1. The van der Waals surface area contributed by atoms with Gasteiger partial charge in [0.25, 0.3) is 0 Å². The maximum absolute atomic E-state index is 11.8. The number of hydrogen-bond acceptors (Lipinski definition) is 4. The second kappa shape index (κ2) is 12.7. The first-order valence-corrected chi connectivity index (χ1v) is 11.5. The summed E-state index contributed by atoms with van der Waals surface area (Å²) in [7, 11) is -0.241. The Morgan fingerprint density at radius 3 is 2.38 bits per heavy atom. The van der Waals surface area contributed by atoms with E-state index in [0.29, 0.717) is 6.54 Å². The fourth-order valence-corrected chi connectivity index (χ4v) is 4.36. The molecule has 1 saturated carbocycles. The van der Waals surface area contributed by atoms with Crippen LogP contribution in [0.4, 0.5) is 0 Å². The third-order valence-electron chi connectivity index (χ3n) is 5.40. The lowest BCUT2D eigenvalue weighted by molar-refractivity contribution is 0.138. The molecule has 3 N–H and O–H groups in total. The van der Waals surface area contributed by atoms with Gasteiger partial charge in [-0.3, -0.25) is 0 Å². The minimum atomic E-state index is -3.41. The molecule has 1 aromatic carbocycles. The Morgan fingerprint density at radius 1 is 1.17 bits per heavy atom. The lowest BCUT2D eigenvalue weighted by atomic mass is 9.83. The predicted molar refractivity (Wildman–Crippen MR) is 128 cm³/mol. The molecule has 0 unspecified atom stereocenters. The fraction of sp³-hybridized carbons (Fsp3) is 0.650. The summed E-state index contributed by atoms with van der Waals surface area (Å²) in [6.45, 7) is 5.00. The number of guanidine groups is 1. The number of sulfonamides is 1. The van der Waals surface area contributed by atoms with Gasteiger partial charge in [-0.1, -0.05) is 25.0 Å². The minimum absolute atomic E-state index is 0. The summed E-state index contributed by atoms with van der Waals surface area (Å²) >= 11 is 0. The SMILES string of the molecule is CCNC(=NCc1ccc(S(=O)(=O)NC)cc1)NCC1(CCOC)CCCC1.I. The fourth-order valence-electron chi connectivity index (χ4n) is 3.63. The second-order valence-electron chi connectivity index (χ2n) is 7.35. The molecule has 0 bridgehead atoms. The minimum Gasteiger partial charge on any atom is -0.385 e. The first kappa shape index (κ1) is 26.1. The van der Waals surface area contributed by atoms with Crippen LogP contribution in [-0.4, -0.2) is 48.2 Å². The lowest BCUT2D eigenvalue weighted by Gasteiger charge is -2.30. The van der Waals surface area contributed by atoms with Gasteiger partial charge in [0.05, 0.1) is 11.4 Å². The van der Waals surface area contributed by atoms with Crippen molar-refractivity contribution in [3.8, 4) is 0 Å². The zero-order valence-corrected chi connectivity index (χ0v) is 20.8. The Hall–Kier alpha value is -0.910. The second-order valence-corrected chi connectivity index (χ2v) is 9.24. The number of halogens is 1. The van der Waals surface area contributed by atoms with Crippen molar-refractivity contribution in [1.29, 1.82) is 0 Å². The van der Waals surface area contributed by atoms with Gasteiger partial charge in [-0.15, -0.1) is 24.0 Å². The van der Waals surface area contributed by atoms with Gasteiger partial charge < -0.3 is 15.4 Å². The van der Waals surface area contributed by atoms with Crippen molar-refractivity contribution in [3.63, 3.8) is 0 Å². The van der Waals surface area contributed by atoms with Crippen LogP contribution < -0.4 is 15.4 Å². The average molecular weight is 538 g/mol. The molecule has 1 aromatic rings. The van der Waals surface area contributed by atoms with Crippen LogP contribution in [0.15, 0.2) is 34.2 Å². The summed E-state index contributed by atoms with van der Waals surface area (Å²) in [5, 5.41) is 6.80. The molecule has 166 valence electrons. The lowest BCUT2D eigenvalue weighted by Crippen LogP contribution is -2.43. The molecule has 29 heavy (non-hydrogen) atoms. The zero-order valence-electron chi connectivity index (χ0n) is 17.7. The Kier molecular flexibility index (Phi) is 11.4. The predicted octanol–water partition coefficient (Wildman–Crippen LogP) is 2.86. The number of rotatable bonds is 10. The number of ether oxygens (including phenoxy) is 1. The number of aliphatic imine (C=N–C) groups is 1. The molecule has 0 heterocycles. The molecule has 0 aliphatic heterocycles. The molecule has 0 saturated heterocycles. The van der Waals surface area contributed by atoms with E-state index in [-0.39, 0.29) is 34.3 Å². The maximum atomic E-state index is 11.8. The van der Waals surface area contributed by atoms with Gasteiger partial charge in [-0.25, -0.2) is 18.1 Å². The summed E-state index contributed by atoms with van der Waals surface area (Å²) in [5.41, 5.74) is 1.25. The van der Waals surface area contributed by atoms with E-state index in [9.17, 15) is 8.42 Å². The molecule has 1 aliphatic carbocycles. The highest BCUT2D eigenvalue weighted by Gasteiger charge is 2.33. The van der Waals surface area contributed by atoms with E-state index in [1.807, 2.05) is 6.92 Å². The summed E-state index contributed by atoms with van der Waals surface area (Å²) in [5.74, 6) is 0.790. The van der Waals surface area contributed by atoms with Crippen molar-refractivity contribution < 1.29 is 13.2 Å². The van der Waals surface area contributed by atoms with Crippen LogP contribution in [0.2, 0.25) is 0 Å². The van der Waals surface area contributed by atoms with Gasteiger partial charge in [-0.2, -0.15) is 0 Å². The van der Waals surface area contributed by atoms with Gasteiger partial charge in [0.15, 0.2) is 5.96 Å². The van der Waals surface area contributed by atoms with Gasteiger partial charge >= 0.3 is 0 Å². The van der Waals surface area contributed by atoms with Crippen LogP contribution in [0.25, 0.3) is 0 Å². The Labute approximate surface area is 192 Å². The van der Waals surface area contributed by atoms with E-state index < -0.39 is 10.0 Å². The van der Waals surface area contributed by atoms with Crippen molar-refractivity contribution in [1.82, 2.24) is 15.4 Å². The molecule has 0 amide bonds. The number of nitrogens with one attached hydrogen (secondary N) is 3. The van der Waals surface area contributed by atoms with E-state index in [1.54, 1.807) is 31.4 Å². The van der Waals surface area contributed by atoms with E-state index in [0.717, 1.165) is 37.6 Å². The molecule has 0 spiro atoms. The van der Waals surface area contributed by atoms with Crippen LogP contribution in [0.3, 0.4) is 0 Å². The summed E-state index contributed by atoms with van der Waals surface area (Å²) in [6, 6.07) is 6.81. The Balaban J connectivity index is 0.00000420. The van der Waals surface area contributed by atoms with Gasteiger partial charge in [0.1, 0.15) is 0 Å². The van der Waals surface area contributed by atoms with E-state index in [1.165, 1.54) is 32.7 Å². The van der Waals surface area contributed by atoms with E-state index in [2.05, 4.69) is 20.3 Å². The highest BCUT2D eigenvalue weighted by Crippen LogP contribution is 2.40. The summed E-state index contributed by atoms with van der Waals surface area (Å²) in [6.07, 6.45) is 6.08. The summed E-state index contributed by atoms with van der Waals surface area (Å²) in [4.78, 5) is 4.92. The molecule has 9 heteroatoms. The molecule has 1 fully saturated rings. The first-order chi connectivity index (χ1) is 13.4. The van der Waals surface area contributed by atoms with Crippen LogP contribution in [-0.2, 0) is 21.3 Å². The van der Waals surface area contributed by atoms with Crippen molar-refractivity contribution in [2.24, 2.45) is 10.4 Å². The number of benzene rings is 1. The summed E-state index contributed by atoms with van der Waals surface area (Å²) < 4.78 is 31.3. The van der Waals surface area contributed by atoms with Gasteiger partial charge in [0.2, 0.25) is 10.0 Å². The molecular formula is C20H35IN4O3S. The smallest absolute Gasteiger partial charge is 0.240 e. The van der Waals surface area contributed by atoms with Crippen LogP contribution in [0, 0.1) is 5.41 Å². The molecule has 0 atom stereocenters. The maximum Gasteiger partial charge on any atom is 0.240 e. The highest BCUT2D eigenvalue weighted by atomic mass is 127. The average Bonchev–Trinajstić information content (AvgIpc) is 3.18. The normalized spacial score (nSPS) is 16.3. The number of methoxy groups -OCH3 is 1. The Bertz CT molecular complexity index is 733. The molecule has 1 aliphatic rings. The third kappa shape index (κ3) is 8.03. The van der Waals surface area contributed by atoms with Crippen molar-refractivity contribution >= 4 is 40.0 Å². The quantitative estimate of drug-likeness (QED) is 0.242. The van der Waals surface area contributed by atoms with Crippen LogP contribution >= 0.6 is 24.0 Å². The van der Waals surface area contributed by atoms with Crippen LogP contribution in [0.1, 0.15) is 44.6 Å². The molecule has 7 nitrogen and oxygen atoms in total. The van der Waals surface area contributed by atoms with Gasteiger partial charge in [-0.05, 0) is 56.3 Å². The van der Waals surface area contributed by atoms with Crippen molar-refractivity contribution in [2.75, 3.05) is 33.9 Å². The largest absolute Gasteiger partial charge is 0.385 e. The zero-order chi connectivity index (χ0) is 20.5. The Morgan fingerprint density at radius 2 is 1.83 bits per heavy atom. The van der Waals surface area contributed by atoms with Crippen molar-refractivity contribution in [2.45, 2.75) is 50.5 Å². The first-order valence-electron chi connectivity index (χ1n) is 9.98. The topological polar surface area (TPSA) is 91.8 Å². The molecule has 0 aromatic heterocycles. The van der Waals surface area contributed by atoms with Crippen molar-refractivity contribution in [3.05, 3.63) is 29.8 Å². The third-order valence-corrected chi connectivity index (χ3v) is 6.83. The van der Waals surface area contributed by atoms with Gasteiger partial charge in [0, 0.05) is 26.8 Å². The van der Waals surface area contributed by atoms with Crippen LogP contribution in [0.5, 0.6) is 0 Å². The highest BCUT2D eigenvalue weighted by molar-refractivity contribution is 14.0. The standard InChI is InChI=1S/C20H34N4O3S.HI/c1-4-22-19(24-16-20(13-14-27-3)11-5-6-12-20)23-15-17-7-9-18(10-8-17)28(25,26)21-2;/h7-10,21H,4-6,11-16H2,1-3H3,(H2,22,23,24);1H. The van der Waals surface area contributed by atoms with E-state index in [4.69, 9.17) is 4.74 Å². The monoisotopic (exact) mass is 538 g/mol. The number of hydrogen-bond donors (Lipinski definition) is 3.